The first kappa shape index (κ1) is 25.9. The lowest BCUT2D eigenvalue weighted by molar-refractivity contribution is 0.0521. The highest BCUT2D eigenvalue weighted by Gasteiger charge is 2.30. The Morgan fingerprint density at radius 2 is 1.77 bits per heavy atom. The molecular formula is C30H29N5O4. The van der Waals surface area contributed by atoms with E-state index in [1.54, 1.807) is 10.9 Å². The second kappa shape index (κ2) is 11.3. The van der Waals surface area contributed by atoms with Gasteiger partial charge in [-0.2, -0.15) is 10.2 Å². The van der Waals surface area contributed by atoms with Crippen LogP contribution in [-0.2, 0) is 13.7 Å². The number of H-pyrrole nitrogens is 1. The molecular weight excluding hydrogens is 494 g/mol. The minimum absolute atomic E-state index is 0.00908. The Morgan fingerprint density at radius 1 is 1.05 bits per heavy atom. The molecule has 0 bridgehead atoms. The molecule has 2 aromatic heterocycles. The Labute approximate surface area is 225 Å². The van der Waals surface area contributed by atoms with Crippen LogP contribution in [-0.4, -0.2) is 42.4 Å². The van der Waals surface area contributed by atoms with Crippen LogP contribution in [0.2, 0.25) is 0 Å². The van der Waals surface area contributed by atoms with Crippen molar-refractivity contribution in [2.75, 3.05) is 6.54 Å². The number of hydrogen-bond acceptors (Lipinski definition) is 6. The smallest absolute Gasteiger partial charge is 0.279 e. The number of fused-ring (bicyclic) bond motifs is 1. The van der Waals surface area contributed by atoms with Crippen molar-refractivity contribution in [2.45, 2.75) is 25.7 Å². The van der Waals surface area contributed by atoms with Crippen LogP contribution >= 0.6 is 0 Å². The van der Waals surface area contributed by atoms with Crippen molar-refractivity contribution < 1.29 is 14.6 Å². The van der Waals surface area contributed by atoms with E-state index in [0.29, 0.717) is 5.56 Å². The van der Waals surface area contributed by atoms with E-state index in [2.05, 4.69) is 15.3 Å². The topological polar surface area (TPSA) is 113 Å². The van der Waals surface area contributed by atoms with Gasteiger partial charge in [-0.3, -0.25) is 19.4 Å². The van der Waals surface area contributed by atoms with Crippen LogP contribution in [0, 0.1) is 0 Å². The molecule has 0 aliphatic heterocycles. The molecule has 0 aliphatic carbocycles. The number of carbonyl (C=O) groups excluding carboxylic acids is 1. The average molecular weight is 524 g/mol. The van der Waals surface area contributed by atoms with Crippen LogP contribution < -0.4 is 10.2 Å². The number of aromatic amines is 1. The molecule has 5 rings (SSSR count). The predicted molar refractivity (Wildman–Crippen MR) is 147 cm³/mol. The fourth-order valence-corrected chi connectivity index (χ4v) is 4.62. The van der Waals surface area contributed by atoms with Gasteiger partial charge in [0.25, 0.3) is 11.3 Å². The van der Waals surface area contributed by atoms with E-state index in [-0.39, 0.29) is 24.6 Å². The van der Waals surface area contributed by atoms with Crippen molar-refractivity contribution in [1.82, 2.24) is 24.9 Å². The maximum Gasteiger partial charge on any atom is 0.279 e. The monoisotopic (exact) mass is 523 g/mol. The molecule has 1 amide bonds. The number of aromatic nitrogens is 4. The van der Waals surface area contributed by atoms with E-state index in [0.717, 1.165) is 22.0 Å². The summed E-state index contributed by atoms with van der Waals surface area (Å²) in [6.07, 6.45) is 2.00. The van der Waals surface area contributed by atoms with E-state index in [1.165, 1.54) is 11.1 Å². The number of nitrogens with zero attached hydrogens (tertiary/aromatic N) is 4. The van der Waals surface area contributed by atoms with Gasteiger partial charge in [0.05, 0.1) is 36.6 Å². The summed E-state index contributed by atoms with van der Waals surface area (Å²) in [6.45, 7) is 1.95. The van der Waals surface area contributed by atoms with Gasteiger partial charge in [0.2, 0.25) is 0 Å². The van der Waals surface area contributed by atoms with Crippen molar-refractivity contribution in [2.24, 2.45) is 7.05 Å². The molecule has 9 nitrogen and oxygen atoms in total. The van der Waals surface area contributed by atoms with Crippen molar-refractivity contribution in [3.8, 4) is 5.75 Å². The molecule has 0 fully saturated rings. The number of nitrogens with one attached hydrogen (secondary N) is 1. The van der Waals surface area contributed by atoms with Gasteiger partial charge in [0, 0.05) is 12.4 Å². The number of aliphatic hydroxyl groups excluding tert-OH is 1. The summed E-state index contributed by atoms with van der Waals surface area (Å²) in [5, 5.41) is 23.1. The molecule has 2 atom stereocenters. The highest BCUT2D eigenvalue weighted by Crippen LogP contribution is 2.28. The van der Waals surface area contributed by atoms with E-state index in [9.17, 15) is 14.7 Å². The number of aryl methyl sites for hydroxylation is 1. The van der Waals surface area contributed by atoms with Crippen LogP contribution in [0.5, 0.6) is 5.75 Å². The van der Waals surface area contributed by atoms with Gasteiger partial charge >= 0.3 is 0 Å². The Morgan fingerprint density at radius 3 is 2.51 bits per heavy atom. The van der Waals surface area contributed by atoms with E-state index in [4.69, 9.17) is 4.74 Å². The Balaban J connectivity index is 1.47. The molecule has 3 aromatic carbocycles. The van der Waals surface area contributed by atoms with Gasteiger partial charge in [-0.05, 0) is 29.7 Å². The van der Waals surface area contributed by atoms with Crippen LogP contribution in [0.1, 0.15) is 46.2 Å². The highest BCUT2D eigenvalue weighted by atomic mass is 16.5. The number of hydrogen-bond donors (Lipinski definition) is 2. The summed E-state index contributed by atoms with van der Waals surface area (Å²) in [5.74, 6) is -0.625. The molecule has 0 saturated heterocycles. The molecule has 2 heterocycles. The third-order valence-corrected chi connectivity index (χ3v) is 6.82. The van der Waals surface area contributed by atoms with Gasteiger partial charge in [0.15, 0.2) is 11.4 Å². The van der Waals surface area contributed by atoms with Gasteiger partial charge in [-0.25, -0.2) is 0 Å². The third-order valence-electron chi connectivity index (χ3n) is 6.82. The van der Waals surface area contributed by atoms with Crippen molar-refractivity contribution >= 4 is 16.8 Å². The molecule has 0 saturated carbocycles. The molecule has 9 heteroatoms. The zero-order valence-corrected chi connectivity index (χ0v) is 21.7. The molecule has 1 unspecified atom stereocenters. The standard InChI is InChI=1S/C30H29N5O4/c1-20(22-12-7-4-8-13-22)35(18-26(36)23-14-9-15-25-24(23)16-32-34(25)2)30(38)28-29(37)27(17-31-33-28)39-19-21-10-5-3-6-11-21/h3-17,20,26,36H,18-19H2,1-2H3,(H,31,37)/t20-,26?/m0/s1. The zero-order valence-electron chi connectivity index (χ0n) is 21.7. The maximum absolute atomic E-state index is 13.9. The number of amides is 1. The first-order chi connectivity index (χ1) is 18.9. The minimum atomic E-state index is -1.04. The second-order valence-electron chi connectivity index (χ2n) is 9.31. The van der Waals surface area contributed by atoms with Crippen molar-refractivity contribution in [3.05, 3.63) is 124 Å². The van der Waals surface area contributed by atoms with Gasteiger partial charge in [0.1, 0.15) is 6.61 Å². The minimum Gasteiger partial charge on any atom is -0.483 e. The summed E-state index contributed by atoms with van der Waals surface area (Å²) in [4.78, 5) is 28.7. The Bertz CT molecular complexity index is 1630. The van der Waals surface area contributed by atoms with Gasteiger partial charge in [-0.1, -0.05) is 72.8 Å². The molecule has 0 radical (unpaired) electrons. The summed E-state index contributed by atoms with van der Waals surface area (Å²) in [5.41, 5.74) is 2.31. The number of carbonyl (C=O) groups is 1. The van der Waals surface area contributed by atoms with Gasteiger partial charge in [-0.15, -0.1) is 0 Å². The van der Waals surface area contributed by atoms with Crippen LogP contribution in [0.25, 0.3) is 10.9 Å². The molecule has 198 valence electrons. The first-order valence-corrected chi connectivity index (χ1v) is 12.6. The lowest BCUT2D eigenvalue weighted by atomic mass is 10.0. The van der Waals surface area contributed by atoms with E-state index >= 15 is 0 Å². The van der Waals surface area contributed by atoms with Crippen molar-refractivity contribution in [1.29, 1.82) is 0 Å². The fraction of sp³-hybridized carbons (Fsp3) is 0.200. The lowest BCUT2D eigenvalue weighted by Crippen LogP contribution is -2.40. The molecule has 2 N–H and O–H groups in total. The number of aliphatic hydroxyl groups is 1. The van der Waals surface area contributed by atoms with Gasteiger partial charge < -0.3 is 14.7 Å². The molecule has 0 spiro atoms. The number of ether oxygens (including phenoxy) is 1. The third kappa shape index (κ3) is 5.44. The Kier molecular flexibility index (Phi) is 7.51. The summed E-state index contributed by atoms with van der Waals surface area (Å²) < 4.78 is 7.45. The molecule has 39 heavy (non-hydrogen) atoms. The fourth-order valence-electron chi connectivity index (χ4n) is 4.62. The summed E-state index contributed by atoms with van der Waals surface area (Å²) >= 11 is 0. The summed E-state index contributed by atoms with van der Waals surface area (Å²) in [6, 6.07) is 24.0. The van der Waals surface area contributed by atoms with E-state index in [1.807, 2.05) is 92.8 Å². The quantitative estimate of drug-likeness (QED) is 0.300. The van der Waals surface area contributed by atoms with Crippen LogP contribution in [0.3, 0.4) is 0 Å². The van der Waals surface area contributed by atoms with Crippen LogP contribution in [0.15, 0.2) is 96.1 Å². The average Bonchev–Trinajstić information content (AvgIpc) is 3.36. The first-order valence-electron chi connectivity index (χ1n) is 12.6. The largest absolute Gasteiger partial charge is 0.483 e. The molecule has 5 aromatic rings. The second-order valence-corrected chi connectivity index (χ2v) is 9.31. The highest BCUT2D eigenvalue weighted by molar-refractivity contribution is 5.93. The van der Waals surface area contributed by atoms with Crippen LogP contribution in [0.4, 0.5) is 0 Å². The summed E-state index contributed by atoms with van der Waals surface area (Å²) in [7, 11) is 1.83. The SMILES string of the molecule is C[C@@H](c1ccccc1)N(CC(O)c1cccc2c1cnn2C)C(=O)c1n[nH]cc(OCc2ccccc2)c1=O. The van der Waals surface area contributed by atoms with Crippen molar-refractivity contribution in [3.63, 3.8) is 0 Å². The maximum atomic E-state index is 13.9. The Hall–Kier alpha value is -4.76. The normalized spacial score (nSPS) is 12.7. The molecule has 0 aliphatic rings. The lowest BCUT2D eigenvalue weighted by Gasteiger charge is -2.31. The zero-order chi connectivity index (χ0) is 27.4. The van der Waals surface area contributed by atoms with E-state index < -0.39 is 23.5 Å². The number of rotatable bonds is 9. The number of benzene rings is 3. The predicted octanol–water partition coefficient (Wildman–Crippen LogP) is 4.17.